The molecule has 1 saturated carbocycles. The number of carbonyl (C=O) groups excluding carboxylic acids is 1. The zero-order chi connectivity index (χ0) is 18.5. The topological polar surface area (TPSA) is 50.4 Å². The molecule has 4 nitrogen and oxygen atoms in total. The number of rotatable bonds is 4. The van der Waals surface area contributed by atoms with Gasteiger partial charge in [-0.05, 0) is 67.5 Å². The number of urea groups is 1. The van der Waals surface area contributed by atoms with Crippen molar-refractivity contribution in [2.75, 3.05) is 17.7 Å². The van der Waals surface area contributed by atoms with E-state index in [1.807, 2.05) is 31.2 Å². The highest BCUT2D eigenvalue weighted by Gasteiger charge is 2.16. The molecule has 2 aromatic carbocycles. The molecule has 138 valence electrons. The number of methoxy groups -OCH3 is 1. The van der Waals surface area contributed by atoms with Crippen molar-refractivity contribution in [1.82, 2.24) is 0 Å². The molecule has 4 heteroatoms. The third-order valence-corrected chi connectivity index (χ3v) is 5.18. The first kappa shape index (κ1) is 18.3. The van der Waals surface area contributed by atoms with E-state index in [1.54, 1.807) is 7.11 Å². The predicted molar refractivity (Wildman–Crippen MR) is 107 cm³/mol. The number of hydrogen-bond donors (Lipinski definition) is 2. The van der Waals surface area contributed by atoms with Crippen molar-refractivity contribution in [1.29, 1.82) is 0 Å². The second kappa shape index (κ2) is 8.26. The maximum atomic E-state index is 12.4. The van der Waals surface area contributed by atoms with E-state index in [0.29, 0.717) is 17.4 Å². The minimum atomic E-state index is -0.262. The summed E-state index contributed by atoms with van der Waals surface area (Å²) in [4.78, 5) is 12.4. The lowest BCUT2D eigenvalue weighted by atomic mass is 9.83. The number of benzene rings is 2. The molecule has 0 saturated heterocycles. The number of anilines is 2. The van der Waals surface area contributed by atoms with E-state index >= 15 is 0 Å². The molecule has 0 heterocycles. The van der Waals surface area contributed by atoms with Crippen LogP contribution in [0.15, 0.2) is 36.4 Å². The average molecular weight is 352 g/mol. The molecule has 1 aliphatic carbocycles. The fraction of sp³-hybridized carbons (Fsp3) is 0.409. The Labute approximate surface area is 156 Å². The molecule has 0 aliphatic heterocycles. The summed E-state index contributed by atoms with van der Waals surface area (Å²) < 4.78 is 5.32. The van der Waals surface area contributed by atoms with E-state index in [-0.39, 0.29) is 6.03 Å². The van der Waals surface area contributed by atoms with E-state index in [0.717, 1.165) is 16.8 Å². The van der Waals surface area contributed by atoms with Gasteiger partial charge in [-0.15, -0.1) is 0 Å². The van der Waals surface area contributed by atoms with E-state index < -0.39 is 0 Å². The lowest BCUT2D eigenvalue weighted by molar-refractivity contribution is 0.262. The number of carbonyl (C=O) groups is 1. The monoisotopic (exact) mass is 352 g/mol. The van der Waals surface area contributed by atoms with Gasteiger partial charge < -0.3 is 15.4 Å². The largest absolute Gasteiger partial charge is 0.495 e. The molecule has 3 rings (SSSR count). The molecule has 1 aliphatic rings. The van der Waals surface area contributed by atoms with Crippen molar-refractivity contribution in [3.8, 4) is 5.75 Å². The number of hydrogen-bond acceptors (Lipinski definition) is 2. The minimum absolute atomic E-state index is 0.262. The van der Waals surface area contributed by atoms with E-state index in [4.69, 9.17) is 4.74 Å². The molecule has 26 heavy (non-hydrogen) atoms. The van der Waals surface area contributed by atoms with Crippen molar-refractivity contribution >= 4 is 17.4 Å². The Morgan fingerprint density at radius 2 is 1.69 bits per heavy atom. The lowest BCUT2D eigenvalue weighted by Crippen LogP contribution is -2.20. The van der Waals surface area contributed by atoms with Crippen LogP contribution in [0, 0.1) is 13.8 Å². The van der Waals surface area contributed by atoms with Crippen LogP contribution in [0.1, 0.15) is 54.7 Å². The van der Waals surface area contributed by atoms with Crippen molar-refractivity contribution in [3.63, 3.8) is 0 Å². The maximum Gasteiger partial charge on any atom is 0.323 e. The summed E-state index contributed by atoms with van der Waals surface area (Å²) in [7, 11) is 1.60. The molecule has 2 amide bonds. The third kappa shape index (κ3) is 4.37. The van der Waals surface area contributed by atoms with Crippen LogP contribution in [-0.2, 0) is 0 Å². The molecule has 2 aromatic rings. The smallest absolute Gasteiger partial charge is 0.323 e. The van der Waals surface area contributed by atoms with Gasteiger partial charge in [0.15, 0.2) is 0 Å². The highest BCUT2D eigenvalue weighted by Crippen LogP contribution is 2.34. The van der Waals surface area contributed by atoms with E-state index in [1.165, 1.54) is 37.7 Å². The Balaban J connectivity index is 1.68. The van der Waals surface area contributed by atoms with Crippen LogP contribution in [0.4, 0.5) is 16.2 Å². The average Bonchev–Trinajstić information content (AvgIpc) is 2.64. The van der Waals surface area contributed by atoms with Crippen LogP contribution in [0.25, 0.3) is 0 Å². The second-order valence-corrected chi connectivity index (χ2v) is 7.19. The van der Waals surface area contributed by atoms with Gasteiger partial charge in [0.05, 0.1) is 12.8 Å². The zero-order valence-corrected chi connectivity index (χ0v) is 15.9. The van der Waals surface area contributed by atoms with Crippen molar-refractivity contribution in [2.24, 2.45) is 0 Å². The third-order valence-electron chi connectivity index (χ3n) is 5.18. The molecule has 0 unspecified atom stereocenters. The summed E-state index contributed by atoms with van der Waals surface area (Å²) in [5, 5.41) is 5.83. The van der Waals surface area contributed by atoms with Crippen LogP contribution in [-0.4, -0.2) is 13.1 Å². The molecule has 0 bridgehead atoms. The molecular formula is C22H28N2O2. The van der Waals surface area contributed by atoms with Gasteiger partial charge in [-0.25, -0.2) is 4.79 Å². The number of nitrogens with one attached hydrogen (secondary N) is 2. The summed E-state index contributed by atoms with van der Waals surface area (Å²) in [6, 6.07) is 11.8. The molecule has 0 spiro atoms. The van der Waals surface area contributed by atoms with Gasteiger partial charge in [0.25, 0.3) is 0 Å². The first-order valence-corrected chi connectivity index (χ1v) is 9.40. The highest BCUT2D eigenvalue weighted by atomic mass is 16.5. The van der Waals surface area contributed by atoms with Crippen molar-refractivity contribution in [3.05, 3.63) is 53.1 Å². The van der Waals surface area contributed by atoms with Crippen molar-refractivity contribution < 1.29 is 9.53 Å². The molecular weight excluding hydrogens is 324 g/mol. The van der Waals surface area contributed by atoms with E-state index in [9.17, 15) is 4.79 Å². The van der Waals surface area contributed by atoms with Crippen LogP contribution >= 0.6 is 0 Å². The normalized spacial score (nSPS) is 14.7. The first-order chi connectivity index (χ1) is 12.6. The number of aryl methyl sites for hydroxylation is 2. The molecule has 0 aromatic heterocycles. The summed E-state index contributed by atoms with van der Waals surface area (Å²) in [5.74, 6) is 1.32. The fourth-order valence-corrected chi connectivity index (χ4v) is 3.71. The molecule has 1 fully saturated rings. The summed E-state index contributed by atoms with van der Waals surface area (Å²) >= 11 is 0. The fourth-order valence-electron chi connectivity index (χ4n) is 3.71. The molecule has 0 radical (unpaired) electrons. The van der Waals surface area contributed by atoms with Crippen molar-refractivity contribution in [2.45, 2.75) is 51.9 Å². The van der Waals surface area contributed by atoms with Gasteiger partial charge in [0.1, 0.15) is 5.75 Å². The Bertz CT molecular complexity index is 780. The van der Waals surface area contributed by atoms with Gasteiger partial charge in [-0.1, -0.05) is 37.5 Å². The summed E-state index contributed by atoms with van der Waals surface area (Å²) in [5.41, 5.74) is 5.07. The van der Waals surface area contributed by atoms with Crippen LogP contribution in [0.5, 0.6) is 5.75 Å². The quantitative estimate of drug-likeness (QED) is 0.708. The molecule has 0 atom stereocenters. The van der Waals surface area contributed by atoms with E-state index in [2.05, 4.69) is 29.7 Å². The van der Waals surface area contributed by atoms with Gasteiger partial charge in [0.2, 0.25) is 0 Å². The number of amides is 2. The summed E-state index contributed by atoms with van der Waals surface area (Å²) in [6.07, 6.45) is 6.56. The zero-order valence-electron chi connectivity index (χ0n) is 15.9. The number of ether oxygens (including phenoxy) is 1. The molecule has 2 N–H and O–H groups in total. The Hall–Kier alpha value is -2.49. The van der Waals surface area contributed by atoms with Gasteiger partial charge in [0, 0.05) is 5.69 Å². The Morgan fingerprint density at radius 1 is 0.962 bits per heavy atom. The van der Waals surface area contributed by atoms with Crippen LogP contribution in [0.3, 0.4) is 0 Å². The van der Waals surface area contributed by atoms with Crippen LogP contribution < -0.4 is 15.4 Å². The highest BCUT2D eigenvalue weighted by molar-refractivity contribution is 6.01. The second-order valence-electron chi connectivity index (χ2n) is 7.19. The van der Waals surface area contributed by atoms with Gasteiger partial charge in [-0.2, -0.15) is 0 Å². The van der Waals surface area contributed by atoms with Gasteiger partial charge in [-0.3, -0.25) is 0 Å². The first-order valence-electron chi connectivity index (χ1n) is 9.40. The summed E-state index contributed by atoms with van der Waals surface area (Å²) in [6.45, 7) is 4.03. The van der Waals surface area contributed by atoms with Crippen LogP contribution in [0.2, 0.25) is 0 Å². The maximum absolute atomic E-state index is 12.4. The SMILES string of the molecule is COc1ccc(C)cc1NC(=O)Nc1ccc(C2CCCCC2)cc1C. The van der Waals surface area contributed by atoms with Gasteiger partial charge >= 0.3 is 6.03 Å². The predicted octanol–water partition coefficient (Wildman–Crippen LogP) is 6.00. The Morgan fingerprint density at radius 3 is 2.38 bits per heavy atom. The standard InChI is InChI=1S/C22H28N2O2/c1-15-9-12-21(26-3)20(13-15)24-22(25)23-19-11-10-18(14-16(19)2)17-7-5-4-6-8-17/h9-14,17H,4-8H2,1-3H3,(H2,23,24,25). The minimum Gasteiger partial charge on any atom is -0.495 e. The lowest BCUT2D eigenvalue weighted by Gasteiger charge is -2.23. The Kier molecular flexibility index (Phi) is 5.82.